The highest BCUT2D eigenvalue weighted by Gasteiger charge is 2.10. The molecule has 0 aliphatic carbocycles. The van der Waals surface area contributed by atoms with Crippen LogP contribution in [0, 0.1) is 11.7 Å². The third-order valence-corrected chi connectivity index (χ3v) is 2.39. The van der Waals surface area contributed by atoms with Crippen LogP contribution >= 0.6 is 11.6 Å². The number of hydrogen-bond donors (Lipinski definition) is 1. The van der Waals surface area contributed by atoms with Crippen molar-refractivity contribution < 1.29 is 4.39 Å². The van der Waals surface area contributed by atoms with Gasteiger partial charge in [0.2, 0.25) is 0 Å². The fraction of sp³-hybridized carbons (Fsp3) is 0.455. The highest BCUT2D eigenvalue weighted by molar-refractivity contribution is 6.30. The summed E-state index contributed by atoms with van der Waals surface area (Å²) in [5.74, 6) is 0.126. The van der Waals surface area contributed by atoms with Gasteiger partial charge in [-0.2, -0.15) is 0 Å². The van der Waals surface area contributed by atoms with Crippen LogP contribution in [0.1, 0.15) is 31.9 Å². The molecule has 0 aliphatic heterocycles. The Balaban J connectivity index is 2.80. The summed E-state index contributed by atoms with van der Waals surface area (Å²) in [6.45, 7) is 4.20. The van der Waals surface area contributed by atoms with E-state index in [1.54, 1.807) is 12.1 Å². The Morgan fingerprint density at radius 3 is 2.57 bits per heavy atom. The first-order valence-corrected chi connectivity index (χ1v) is 5.09. The molecule has 14 heavy (non-hydrogen) atoms. The van der Waals surface area contributed by atoms with Crippen LogP contribution in [0.2, 0.25) is 5.02 Å². The monoisotopic (exact) mass is 215 g/mol. The minimum atomic E-state index is -0.396. The molecule has 1 aromatic rings. The highest BCUT2D eigenvalue weighted by Crippen LogP contribution is 2.23. The third kappa shape index (κ3) is 2.96. The molecule has 1 atom stereocenters. The van der Waals surface area contributed by atoms with Crippen LogP contribution in [0.15, 0.2) is 18.2 Å². The Morgan fingerprint density at radius 2 is 2.07 bits per heavy atom. The third-order valence-electron chi connectivity index (χ3n) is 2.10. The van der Waals surface area contributed by atoms with Crippen LogP contribution < -0.4 is 5.73 Å². The maximum atomic E-state index is 12.9. The van der Waals surface area contributed by atoms with E-state index in [9.17, 15) is 4.39 Å². The average molecular weight is 216 g/mol. The first-order valence-electron chi connectivity index (χ1n) is 4.71. The molecule has 0 heterocycles. The standard InChI is InChI=1S/C11H15ClFN/c1-7(2)5-11(14)8-3-4-10(13)9(12)6-8/h3-4,6-7,11H,5,14H2,1-2H3/t11-/m0/s1. The maximum Gasteiger partial charge on any atom is 0.141 e. The smallest absolute Gasteiger partial charge is 0.141 e. The van der Waals surface area contributed by atoms with Gasteiger partial charge < -0.3 is 5.73 Å². The SMILES string of the molecule is CC(C)C[C@H](N)c1ccc(F)c(Cl)c1. The van der Waals surface area contributed by atoms with Gasteiger partial charge in [0.05, 0.1) is 5.02 Å². The molecular formula is C11H15ClFN. The van der Waals surface area contributed by atoms with Crippen molar-refractivity contribution in [2.45, 2.75) is 26.3 Å². The summed E-state index contributed by atoms with van der Waals surface area (Å²) >= 11 is 5.66. The van der Waals surface area contributed by atoms with Gasteiger partial charge in [0.1, 0.15) is 5.82 Å². The predicted molar refractivity (Wildman–Crippen MR) is 57.8 cm³/mol. The van der Waals surface area contributed by atoms with E-state index >= 15 is 0 Å². The van der Waals surface area contributed by atoms with Crippen LogP contribution in [0.4, 0.5) is 4.39 Å². The van der Waals surface area contributed by atoms with Gasteiger partial charge >= 0.3 is 0 Å². The summed E-state index contributed by atoms with van der Waals surface area (Å²) in [6.07, 6.45) is 0.877. The largest absolute Gasteiger partial charge is 0.324 e. The molecular weight excluding hydrogens is 201 g/mol. The molecule has 0 radical (unpaired) electrons. The molecule has 0 fully saturated rings. The van der Waals surface area contributed by atoms with Gasteiger partial charge in [0, 0.05) is 6.04 Å². The molecule has 0 bridgehead atoms. The minimum absolute atomic E-state index is 0.0619. The average Bonchev–Trinajstić information content (AvgIpc) is 2.08. The first kappa shape index (κ1) is 11.5. The lowest BCUT2D eigenvalue weighted by molar-refractivity contribution is 0.509. The topological polar surface area (TPSA) is 26.0 Å². The Labute approximate surface area is 89.1 Å². The van der Waals surface area contributed by atoms with Crippen molar-refractivity contribution in [3.05, 3.63) is 34.6 Å². The zero-order valence-corrected chi connectivity index (χ0v) is 9.18. The fourth-order valence-electron chi connectivity index (χ4n) is 1.39. The van der Waals surface area contributed by atoms with Crippen molar-refractivity contribution in [2.24, 2.45) is 11.7 Å². The van der Waals surface area contributed by atoms with Gasteiger partial charge in [-0.25, -0.2) is 4.39 Å². The van der Waals surface area contributed by atoms with E-state index in [0.29, 0.717) is 5.92 Å². The van der Waals surface area contributed by atoms with Crippen LogP contribution in [0.5, 0.6) is 0 Å². The molecule has 0 unspecified atom stereocenters. The lowest BCUT2D eigenvalue weighted by Gasteiger charge is -2.14. The number of nitrogens with two attached hydrogens (primary N) is 1. The van der Waals surface area contributed by atoms with Gasteiger partial charge in [0.25, 0.3) is 0 Å². The lowest BCUT2D eigenvalue weighted by Crippen LogP contribution is -2.12. The Hall–Kier alpha value is -0.600. The van der Waals surface area contributed by atoms with E-state index in [2.05, 4.69) is 13.8 Å². The molecule has 0 saturated heterocycles. The summed E-state index contributed by atoms with van der Waals surface area (Å²) in [5.41, 5.74) is 6.83. The van der Waals surface area contributed by atoms with Crippen molar-refractivity contribution in [3.63, 3.8) is 0 Å². The van der Waals surface area contributed by atoms with Crippen LogP contribution in [0.3, 0.4) is 0 Å². The van der Waals surface area contributed by atoms with Crippen molar-refractivity contribution in [3.8, 4) is 0 Å². The van der Waals surface area contributed by atoms with E-state index in [0.717, 1.165) is 12.0 Å². The summed E-state index contributed by atoms with van der Waals surface area (Å²) in [4.78, 5) is 0. The van der Waals surface area contributed by atoms with Crippen LogP contribution in [0.25, 0.3) is 0 Å². The second-order valence-electron chi connectivity index (χ2n) is 3.91. The Morgan fingerprint density at radius 1 is 1.43 bits per heavy atom. The van der Waals surface area contributed by atoms with Gasteiger partial charge in [-0.15, -0.1) is 0 Å². The molecule has 78 valence electrons. The fourth-order valence-corrected chi connectivity index (χ4v) is 1.58. The van der Waals surface area contributed by atoms with Crippen LogP contribution in [-0.2, 0) is 0 Å². The molecule has 0 aliphatic rings. The van der Waals surface area contributed by atoms with Crippen molar-refractivity contribution >= 4 is 11.6 Å². The predicted octanol–water partition coefficient (Wildman–Crippen LogP) is 3.53. The van der Waals surface area contributed by atoms with E-state index in [-0.39, 0.29) is 11.1 Å². The minimum Gasteiger partial charge on any atom is -0.324 e. The highest BCUT2D eigenvalue weighted by atomic mass is 35.5. The second-order valence-corrected chi connectivity index (χ2v) is 4.32. The molecule has 0 aromatic heterocycles. The lowest BCUT2D eigenvalue weighted by atomic mass is 9.98. The molecule has 3 heteroatoms. The Kier molecular flexibility index (Phi) is 3.90. The molecule has 0 amide bonds. The second kappa shape index (κ2) is 4.76. The zero-order valence-electron chi connectivity index (χ0n) is 8.43. The first-order chi connectivity index (χ1) is 6.50. The number of rotatable bonds is 3. The zero-order chi connectivity index (χ0) is 10.7. The van der Waals surface area contributed by atoms with Crippen molar-refractivity contribution in [2.75, 3.05) is 0 Å². The summed E-state index contributed by atoms with van der Waals surface area (Å²) < 4.78 is 12.9. The summed E-state index contributed by atoms with van der Waals surface area (Å²) in [6, 6.07) is 4.59. The summed E-state index contributed by atoms with van der Waals surface area (Å²) in [7, 11) is 0. The van der Waals surface area contributed by atoms with E-state index in [1.165, 1.54) is 6.07 Å². The number of halogens is 2. The van der Waals surface area contributed by atoms with E-state index in [1.807, 2.05) is 0 Å². The number of benzene rings is 1. The molecule has 2 N–H and O–H groups in total. The van der Waals surface area contributed by atoms with Crippen molar-refractivity contribution in [1.29, 1.82) is 0 Å². The van der Waals surface area contributed by atoms with Crippen molar-refractivity contribution in [1.82, 2.24) is 0 Å². The quantitative estimate of drug-likeness (QED) is 0.820. The van der Waals surface area contributed by atoms with Gasteiger partial charge in [-0.3, -0.25) is 0 Å². The van der Waals surface area contributed by atoms with Gasteiger partial charge in [-0.1, -0.05) is 31.5 Å². The van der Waals surface area contributed by atoms with Gasteiger partial charge in [-0.05, 0) is 30.0 Å². The number of hydrogen-bond acceptors (Lipinski definition) is 1. The maximum absolute atomic E-state index is 12.9. The molecule has 0 spiro atoms. The molecule has 1 nitrogen and oxygen atoms in total. The summed E-state index contributed by atoms with van der Waals surface area (Å²) in [5, 5.41) is 0.140. The normalized spacial score (nSPS) is 13.3. The van der Waals surface area contributed by atoms with E-state index < -0.39 is 5.82 Å². The van der Waals surface area contributed by atoms with Gasteiger partial charge in [0.15, 0.2) is 0 Å². The molecule has 1 aromatic carbocycles. The Bertz CT molecular complexity index is 312. The molecule has 0 saturated carbocycles. The van der Waals surface area contributed by atoms with Crippen LogP contribution in [-0.4, -0.2) is 0 Å². The van der Waals surface area contributed by atoms with E-state index in [4.69, 9.17) is 17.3 Å². The molecule has 1 rings (SSSR count).